The van der Waals surface area contributed by atoms with Crippen molar-refractivity contribution < 1.29 is 23.8 Å². The molecule has 0 saturated carbocycles. The smallest absolute Gasteiger partial charge is 0.276 e. The second kappa shape index (κ2) is 13.1. The lowest BCUT2D eigenvalue weighted by molar-refractivity contribution is -0.0399. The molecule has 188 valence electrons. The summed E-state index contributed by atoms with van der Waals surface area (Å²) in [6.45, 7) is 5.98. The van der Waals surface area contributed by atoms with Crippen LogP contribution in [0.5, 0.6) is 5.75 Å². The van der Waals surface area contributed by atoms with E-state index in [1.807, 2.05) is 0 Å². The number of ether oxygens (including phenoxy) is 1. The predicted molar refractivity (Wildman–Crippen MR) is 129 cm³/mol. The number of halogens is 1. The van der Waals surface area contributed by atoms with Gasteiger partial charge in [0.2, 0.25) is 5.43 Å². The molecule has 0 aromatic carbocycles. The Balaban J connectivity index is 2.22. The molecule has 0 aliphatic carbocycles. The number of aromatic hydroxyl groups is 1. The van der Waals surface area contributed by atoms with Gasteiger partial charge in [0.25, 0.3) is 11.8 Å². The fourth-order valence-corrected chi connectivity index (χ4v) is 3.84. The van der Waals surface area contributed by atoms with E-state index in [0.717, 1.165) is 32.1 Å². The average molecular weight is 478 g/mol. The molecule has 8 nitrogen and oxygen atoms in total. The molecule has 0 spiro atoms. The van der Waals surface area contributed by atoms with Crippen molar-refractivity contribution in [3.05, 3.63) is 51.5 Å². The van der Waals surface area contributed by atoms with Gasteiger partial charge in [-0.05, 0) is 25.8 Å². The number of nitrogens with one attached hydrogen (secondary N) is 1. The minimum absolute atomic E-state index is 0.0753. The van der Waals surface area contributed by atoms with E-state index in [2.05, 4.69) is 12.2 Å². The van der Waals surface area contributed by atoms with Crippen molar-refractivity contribution >= 4 is 11.8 Å². The van der Waals surface area contributed by atoms with Gasteiger partial charge in [0.05, 0.1) is 6.54 Å². The molecule has 1 aromatic heterocycles. The molecule has 2 amide bonds. The van der Waals surface area contributed by atoms with Crippen molar-refractivity contribution in [1.29, 1.82) is 0 Å². The minimum Gasteiger partial charge on any atom is -0.503 e. The second-order valence-electron chi connectivity index (χ2n) is 8.41. The van der Waals surface area contributed by atoms with Gasteiger partial charge in [-0.15, -0.1) is 0 Å². The van der Waals surface area contributed by atoms with E-state index in [-0.39, 0.29) is 24.3 Å². The largest absolute Gasteiger partial charge is 0.503 e. The van der Waals surface area contributed by atoms with Crippen molar-refractivity contribution in [2.24, 2.45) is 0 Å². The van der Waals surface area contributed by atoms with Crippen LogP contribution in [-0.4, -0.2) is 59.0 Å². The zero-order valence-electron chi connectivity index (χ0n) is 20.5. The molecule has 2 N–H and O–H groups in total. The Labute approximate surface area is 200 Å². The Bertz CT molecular complexity index is 983. The summed E-state index contributed by atoms with van der Waals surface area (Å²) < 4.78 is 19.9. The van der Waals surface area contributed by atoms with E-state index in [0.29, 0.717) is 12.1 Å². The zero-order chi connectivity index (χ0) is 25.3. The van der Waals surface area contributed by atoms with Gasteiger partial charge >= 0.3 is 0 Å². The van der Waals surface area contributed by atoms with Crippen molar-refractivity contribution in [3.63, 3.8) is 0 Å². The first-order chi connectivity index (χ1) is 16.2. The van der Waals surface area contributed by atoms with Gasteiger partial charge in [0.15, 0.2) is 11.4 Å². The lowest BCUT2D eigenvalue weighted by atomic mass is 10.1. The molecule has 1 aliphatic heterocycles. The van der Waals surface area contributed by atoms with Crippen LogP contribution >= 0.6 is 0 Å². The highest BCUT2D eigenvalue weighted by Gasteiger charge is 2.36. The van der Waals surface area contributed by atoms with E-state index >= 15 is 0 Å². The van der Waals surface area contributed by atoms with Crippen LogP contribution < -0.4 is 10.7 Å². The number of fused-ring (bicyclic) bond motifs is 1. The molecular weight excluding hydrogens is 441 g/mol. The first kappa shape index (κ1) is 27.3. The molecule has 2 heterocycles. The predicted octanol–water partition coefficient (Wildman–Crippen LogP) is 3.54. The van der Waals surface area contributed by atoms with Crippen LogP contribution in [0.2, 0.25) is 0 Å². The summed E-state index contributed by atoms with van der Waals surface area (Å²) in [4.78, 5) is 40.1. The maximum atomic E-state index is 13.1. The number of carbonyl (C=O) groups is 2. The van der Waals surface area contributed by atoms with Crippen molar-refractivity contribution in [3.8, 4) is 5.75 Å². The summed E-state index contributed by atoms with van der Waals surface area (Å²) in [5.41, 5.74) is -0.678. The van der Waals surface area contributed by atoms with Crippen LogP contribution in [0.15, 0.2) is 34.8 Å². The maximum absolute atomic E-state index is 13.1. The van der Waals surface area contributed by atoms with Crippen molar-refractivity contribution in [2.75, 3.05) is 20.2 Å². The van der Waals surface area contributed by atoms with E-state index in [1.165, 1.54) is 35.8 Å². The number of allylic oxidation sites excluding steroid dienone is 2. The molecule has 0 fully saturated rings. The maximum Gasteiger partial charge on any atom is 0.276 e. The van der Waals surface area contributed by atoms with Gasteiger partial charge in [-0.3, -0.25) is 14.4 Å². The fourth-order valence-electron chi connectivity index (χ4n) is 3.84. The summed E-state index contributed by atoms with van der Waals surface area (Å²) in [5.74, 6) is -1.95. The molecule has 2 rings (SSSR count). The molecule has 34 heavy (non-hydrogen) atoms. The Morgan fingerprint density at radius 3 is 2.65 bits per heavy atom. The van der Waals surface area contributed by atoms with E-state index < -0.39 is 35.4 Å². The Hall–Kier alpha value is -2.94. The third-order valence-electron chi connectivity index (χ3n) is 5.84. The Kier molecular flexibility index (Phi) is 10.5. The number of pyridine rings is 1. The molecular formula is C25H36FN3O5. The van der Waals surface area contributed by atoms with Gasteiger partial charge in [0.1, 0.15) is 18.0 Å². The first-order valence-electron chi connectivity index (χ1n) is 11.8. The highest BCUT2D eigenvalue weighted by atomic mass is 19.1. The molecule has 1 aliphatic rings. The molecule has 9 heteroatoms. The van der Waals surface area contributed by atoms with Crippen LogP contribution in [0, 0.1) is 0 Å². The summed E-state index contributed by atoms with van der Waals surface area (Å²) in [7, 11) is 1.49. The average Bonchev–Trinajstić information content (AvgIpc) is 2.81. The minimum atomic E-state index is -1.13. The summed E-state index contributed by atoms with van der Waals surface area (Å²) in [5, 5.41) is 13.2. The van der Waals surface area contributed by atoms with E-state index in [1.54, 1.807) is 19.1 Å². The SMILES string of the molecule is C/C=C(\C=C/C(C)F)CNC(=O)c1cn2c(c(O)c1=O)C(=O)N(CCCCCCC)C(OC)C2. The van der Waals surface area contributed by atoms with Crippen molar-refractivity contribution in [1.82, 2.24) is 14.8 Å². The van der Waals surface area contributed by atoms with Gasteiger partial charge < -0.3 is 24.6 Å². The third-order valence-corrected chi connectivity index (χ3v) is 5.84. The molecule has 1 aromatic rings. The molecule has 2 atom stereocenters. The number of carbonyl (C=O) groups excluding carboxylic acids is 2. The Morgan fingerprint density at radius 2 is 2.03 bits per heavy atom. The quantitative estimate of drug-likeness (QED) is 0.354. The molecule has 0 bridgehead atoms. The molecule has 0 saturated heterocycles. The van der Waals surface area contributed by atoms with Crippen LogP contribution in [0.25, 0.3) is 0 Å². The van der Waals surface area contributed by atoms with Crippen LogP contribution in [-0.2, 0) is 11.3 Å². The van der Waals surface area contributed by atoms with E-state index in [4.69, 9.17) is 4.74 Å². The lowest BCUT2D eigenvalue weighted by Gasteiger charge is -2.37. The molecule has 2 unspecified atom stereocenters. The number of unbranched alkanes of at least 4 members (excludes halogenated alkanes) is 4. The lowest BCUT2D eigenvalue weighted by Crippen LogP contribution is -2.50. The highest BCUT2D eigenvalue weighted by Crippen LogP contribution is 2.24. The number of nitrogens with zero attached hydrogens (tertiary/aromatic N) is 2. The van der Waals surface area contributed by atoms with Gasteiger partial charge in [-0.25, -0.2) is 4.39 Å². The van der Waals surface area contributed by atoms with Crippen LogP contribution in [0.3, 0.4) is 0 Å². The van der Waals surface area contributed by atoms with E-state index in [9.17, 15) is 23.9 Å². The number of rotatable bonds is 12. The second-order valence-corrected chi connectivity index (χ2v) is 8.41. The number of amides is 2. The number of methoxy groups -OCH3 is 1. The topological polar surface area (TPSA) is 101 Å². The third kappa shape index (κ3) is 6.79. The van der Waals surface area contributed by atoms with Crippen molar-refractivity contribution in [2.45, 2.75) is 71.8 Å². The fraction of sp³-hybridized carbons (Fsp3) is 0.560. The van der Waals surface area contributed by atoms with Crippen LogP contribution in [0.1, 0.15) is 73.7 Å². The monoisotopic (exact) mass is 477 g/mol. The summed E-state index contributed by atoms with van der Waals surface area (Å²) >= 11 is 0. The Morgan fingerprint density at radius 1 is 1.32 bits per heavy atom. The number of hydrogen-bond donors (Lipinski definition) is 2. The molecule has 0 radical (unpaired) electrons. The number of aromatic nitrogens is 1. The van der Waals surface area contributed by atoms with Gasteiger partial charge in [0, 0.05) is 26.4 Å². The number of hydrogen-bond acceptors (Lipinski definition) is 5. The number of alkyl halides is 1. The summed E-state index contributed by atoms with van der Waals surface area (Å²) in [6, 6.07) is 0. The standard InChI is InChI=1S/C25H36FN3O5/c1-5-7-8-9-10-13-29-20(34-4)16-28-15-19(22(30)23(31)21(28)25(29)33)24(32)27-14-18(6-2)12-11-17(3)26/h6,11-12,15,17,20,31H,5,7-10,13-14,16H2,1-4H3,(H,27,32)/b12-11-,18-6+. The van der Waals surface area contributed by atoms with Crippen LogP contribution in [0.4, 0.5) is 4.39 Å². The van der Waals surface area contributed by atoms with Gasteiger partial charge in [-0.1, -0.05) is 50.8 Å². The highest BCUT2D eigenvalue weighted by molar-refractivity contribution is 5.99. The first-order valence-corrected chi connectivity index (χ1v) is 11.8. The summed E-state index contributed by atoms with van der Waals surface area (Å²) in [6.07, 6.45) is 9.29. The zero-order valence-corrected chi connectivity index (χ0v) is 20.5. The normalized spacial score (nSPS) is 17.2. The van der Waals surface area contributed by atoms with Gasteiger partial charge in [-0.2, -0.15) is 0 Å².